The van der Waals surface area contributed by atoms with Gasteiger partial charge in [-0.2, -0.15) is 5.10 Å². The molecule has 2 N–H and O–H groups in total. The highest BCUT2D eigenvalue weighted by Crippen LogP contribution is 2.28. The highest BCUT2D eigenvalue weighted by molar-refractivity contribution is 5.76. The summed E-state index contributed by atoms with van der Waals surface area (Å²) in [6, 6.07) is 0.248. The second-order valence-electron chi connectivity index (χ2n) is 7.59. The first kappa shape index (κ1) is 16.0. The van der Waals surface area contributed by atoms with Crippen molar-refractivity contribution in [2.24, 2.45) is 7.05 Å². The molecule has 0 radical (unpaired) electrons. The number of hydrogen-bond donors (Lipinski definition) is 2. The summed E-state index contributed by atoms with van der Waals surface area (Å²) >= 11 is 0. The molecule has 0 unspecified atom stereocenters. The Bertz CT molecular complexity index is 488. The molecule has 0 aliphatic carbocycles. The third-order valence-corrected chi connectivity index (χ3v) is 3.95. The molecule has 2 rings (SSSR count). The fourth-order valence-electron chi connectivity index (χ4n) is 3.58. The van der Waals surface area contributed by atoms with Crippen LogP contribution in [-0.4, -0.2) is 32.8 Å². The molecule has 1 aromatic heterocycles. The number of carbonyl (C=O) groups is 1. The number of nitrogens with one attached hydrogen (secondary N) is 2. The highest BCUT2D eigenvalue weighted by atomic mass is 16.1. The monoisotopic (exact) mass is 292 g/mol. The SMILES string of the molecule is Cn1cc(CCC(=O)NC2CC(C)(C)NC(C)(C)C2)cn1. The highest BCUT2D eigenvalue weighted by Gasteiger charge is 2.37. The van der Waals surface area contributed by atoms with Crippen LogP contribution in [-0.2, 0) is 18.3 Å². The van der Waals surface area contributed by atoms with Crippen molar-refractivity contribution in [2.45, 2.75) is 70.5 Å². The Morgan fingerprint density at radius 1 is 1.38 bits per heavy atom. The quantitative estimate of drug-likeness (QED) is 0.889. The van der Waals surface area contributed by atoms with E-state index in [-0.39, 0.29) is 23.0 Å². The standard InChI is InChI=1S/C16H28N4O/c1-15(2)8-13(9-16(3,4)19-15)18-14(21)7-6-12-10-17-20(5)11-12/h10-11,13,19H,6-9H2,1-5H3,(H,18,21). The average Bonchev–Trinajstić information content (AvgIpc) is 2.68. The van der Waals surface area contributed by atoms with Crippen molar-refractivity contribution in [3.63, 3.8) is 0 Å². The Morgan fingerprint density at radius 3 is 2.52 bits per heavy atom. The van der Waals surface area contributed by atoms with Crippen LogP contribution >= 0.6 is 0 Å². The van der Waals surface area contributed by atoms with E-state index in [4.69, 9.17) is 0 Å². The molecule has 1 aliphatic rings. The molecule has 0 atom stereocenters. The molecule has 0 saturated carbocycles. The van der Waals surface area contributed by atoms with Crippen LogP contribution in [0.4, 0.5) is 0 Å². The van der Waals surface area contributed by atoms with Crippen molar-refractivity contribution in [3.05, 3.63) is 18.0 Å². The molecule has 1 aromatic rings. The van der Waals surface area contributed by atoms with Crippen LogP contribution in [0.3, 0.4) is 0 Å². The van der Waals surface area contributed by atoms with E-state index in [1.165, 1.54) is 0 Å². The lowest BCUT2D eigenvalue weighted by molar-refractivity contribution is -0.122. The molecule has 0 aromatic carbocycles. The molecule has 0 spiro atoms. The van der Waals surface area contributed by atoms with Gasteiger partial charge in [0, 0.05) is 36.8 Å². The lowest BCUT2D eigenvalue weighted by Crippen LogP contribution is -2.62. The maximum Gasteiger partial charge on any atom is 0.220 e. The summed E-state index contributed by atoms with van der Waals surface area (Å²) < 4.78 is 1.77. The second-order valence-corrected chi connectivity index (χ2v) is 7.59. The van der Waals surface area contributed by atoms with Gasteiger partial charge in [-0.3, -0.25) is 9.48 Å². The average molecular weight is 292 g/mol. The number of aryl methyl sites for hydroxylation is 2. The zero-order valence-corrected chi connectivity index (χ0v) is 13.9. The van der Waals surface area contributed by atoms with Crippen LogP contribution in [0.25, 0.3) is 0 Å². The van der Waals surface area contributed by atoms with Crippen molar-refractivity contribution in [3.8, 4) is 0 Å². The normalized spacial score (nSPS) is 21.2. The van der Waals surface area contributed by atoms with Gasteiger partial charge in [0.2, 0.25) is 5.91 Å². The predicted octanol–water partition coefficient (Wildman–Crippen LogP) is 1.78. The molecule has 1 fully saturated rings. The van der Waals surface area contributed by atoms with Gasteiger partial charge in [-0.15, -0.1) is 0 Å². The topological polar surface area (TPSA) is 59.0 Å². The van der Waals surface area contributed by atoms with Crippen LogP contribution in [0.2, 0.25) is 0 Å². The van der Waals surface area contributed by atoms with E-state index in [1.54, 1.807) is 4.68 Å². The zero-order valence-electron chi connectivity index (χ0n) is 13.9. The fraction of sp³-hybridized carbons (Fsp3) is 0.750. The van der Waals surface area contributed by atoms with E-state index >= 15 is 0 Å². The maximum atomic E-state index is 12.2. The fourth-order valence-corrected chi connectivity index (χ4v) is 3.58. The Morgan fingerprint density at radius 2 is 2.00 bits per heavy atom. The summed E-state index contributed by atoms with van der Waals surface area (Å²) in [4.78, 5) is 12.2. The zero-order chi connectivity index (χ0) is 15.7. The van der Waals surface area contributed by atoms with Gasteiger partial charge in [0.1, 0.15) is 0 Å². The van der Waals surface area contributed by atoms with Crippen molar-refractivity contribution < 1.29 is 4.79 Å². The molecule has 1 amide bonds. The van der Waals surface area contributed by atoms with Gasteiger partial charge in [0.05, 0.1) is 6.20 Å². The summed E-state index contributed by atoms with van der Waals surface area (Å²) in [5, 5.41) is 11.0. The molecule has 118 valence electrons. The van der Waals surface area contributed by atoms with Gasteiger partial charge < -0.3 is 10.6 Å². The number of piperidine rings is 1. The lowest BCUT2D eigenvalue weighted by Gasteiger charge is -2.46. The maximum absolute atomic E-state index is 12.2. The van der Waals surface area contributed by atoms with Gasteiger partial charge in [-0.25, -0.2) is 0 Å². The molecule has 5 nitrogen and oxygen atoms in total. The molecule has 21 heavy (non-hydrogen) atoms. The van der Waals surface area contributed by atoms with Crippen molar-refractivity contribution in [2.75, 3.05) is 0 Å². The van der Waals surface area contributed by atoms with Crippen molar-refractivity contribution in [1.82, 2.24) is 20.4 Å². The van der Waals surface area contributed by atoms with E-state index in [2.05, 4.69) is 43.4 Å². The van der Waals surface area contributed by atoms with Gasteiger partial charge in [-0.05, 0) is 52.5 Å². The van der Waals surface area contributed by atoms with E-state index in [0.717, 1.165) is 24.8 Å². The third-order valence-electron chi connectivity index (χ3n) is 3.95. The first-order valence-electron chi connectivity index (χ1n) is 7.71. The minimum atomic E-state index is 0.0586. The van der Waals surface area contributed by atoms with E-state index in [9.17, 15) is 4.79 Å². The van der Waals surface area contributed by atoms with Gasteiger partial charge in [0.25, 0.3) is 0 Å². The largest absolute Gasteiger partial charge is 0.353 e. The summed E-state index contributed by atoms with van der Waals surface area (Å²) in [5.41, 5.74) is 1.23. The number of carbonyl (C=O) groups excluding carboxylic acids is 1. The second kappa shape index (κ2) is 5.79. The minimum absolute atomic E-state index is 0.0586. The van der Waals surface area contributed by atoms with E-state index in [0.29, 0.717) is 6.42 Å². The van der Waals surface area contributed by atoms with Crippen LogP contribution < -0.4 is 10.6 Å². The number of rotatable bonds is 4. The van der Waals surface area contributed by atoms with Crippen LogP contribution in [0.1, 0.15) is 52.5 Å². The Labute approximate surface area is 127 Å². The van der Waals surface area contributed by atoms with Crippen LogP contribution in [0.15, 0.2) is 12.4 Å². The van der Waals surface area contributed by atoms with E-state index < -0.39 is 0 Å². The molecule has 2 heterocycles. The Balaban J connectivity index is 1.84. The molecule has 1 saturated heterocycles. The van der Waals surface area contributed by atoms with E-state index in [1.807, 2.05) is 19.4 Å². The molecule has 5 heteroatoms. The number of amides is 1. The van der Waals surface area contributed by atoms with Gasteiger partial charge in [0.15, 0.2) is 0 Å². The molecule has 0 bridgehead atoms. The van der Waals surface area contributed by atoms with Crippen LogP contribution in [0.5, 0.6) is 0 Å². The number of aromatic nitrogens is 2. The van der Waals surface area contributed by atoms with Gasteiger partial charge in [-0.1, -0.05) is 0 Å². The Hall–Kier alpha value is -1.36. The summed E-state index contributed by atoms with van der Waals surface area (Å²) in [6.45, 7) is 8.79. The molecular formula is C16H28N4O. The summed E-state index contributed by atoms with van der Waals surface area (Å²) in [5.74, 6) is 0.136. The third kappa shape index (κ3) is 4.84. The lowest BCUT2D eigenvalue weighted by atomic mass is 9.79. The molecule has 1 aliphatic heterocycles. The van der Waals surface area contributed by atoms with Crippen molar-refractivity contribution in [1.29, 1.82) is 0 Å². The Kier molecular flexibility index (Phi) is 4.42. The summed E-state index contributed by atoms with van der Waals surface area (Å²) in [7, 11) is 1.89. The predicted molar refractivity (Wildman–Crippen MR) is 84.0 cm³/mol. The first-order chi connectivity index (χ1) is 9.65. The molecular weight excluding hydrogens is 264 g/mol. The smallest absolute Gasteiger partial charge is 0.220 e. The first-order valence-corrected chi connectivity index (χ1v) is 7.71. The minimum Gasteiger partial charge on any atom is -0.353 e. The van der Waals surface area contributed by atoms with Crippen molar-refractivity contribution >= 4 is 5.91 Å². The number of nitrogens with zero attached hydrogens (tertiary/aromatic N) is 2. The van der Waals surface area contributed by atoms with Gasteiger partial charge >= 0.3 is 0 Å². The van der Waals surface area contributed by atoms with Crippen LogP contribution in [0, 0.1) is 0 Å². The summed E-state index contributed by atoms with van der Waals surface area (Å²) in [6.07, 6.45) is 6.99. The number of hydrogen-bond acceptors (Lipinski definition) is 3.